The summed E-state index contributed by atoms with van der Waals surface area (Å²) in [6.07, 6.45) is -5.86. The van der Waals surface area contributed by atoms with Crippen molar-refractivity contribution >= 4 is 6.09 Å². The maximum Gasteiger partial charge on any atom is 0.408 e. The molecule has 0 unspecified atom stereocenters. The summed E-state index contributed by atoms with van der Waals surface area (Å²) in [6.45, 7) is 5.41. The molecule has 1 aliphatic rings. The number of rotatable bonds is 7. The van der Waals surface area contributed by atoms with Gasteiger partial charge in [0.05, 0.1) is 32.0 Å². The van der Waals surface area contributed by atoms with Gasteiger partial charge in [0.15, 0.2) is 0 Å². The second-order valence-electron chi connectivity index (χ2n) is 8.08. The fourth-order valence-corrected chi connectivity index (χ4v) is 3.16. The predicted octanol–water partition coefficient (Wildman–Crippen LogP) is 3.77. The first-order chi connectivity index (χ1) is 13.5. The van der Waals surface area contributed by atoms with Gasteiger partial charge in [-0.15, -0.1) is 0 Å². The van der Waals surface area contributed by atoms with E-state index in [9.17, 15) is 23.1 Å². The Kier molecular flexibility index (Phi) is 7.40. The molecule has 1 aromatic carbocycles. The number of aliphatic hydroxyl groups is 1. The van der Waals surface area contributed by atoms with Gasteiger partial charge in [0.25, 0.3) is 0 Å². The number of hydrogen-bond acceptors (Lipinski definition) is 5. The number of benzene rings is 1. The molecule has 0 aliphatic carbocycles. The zero-order valence-electron chi connectivity index (χ0n) is 16.8. The number of halogens is 3. The second kappa shape index (κ2) is 9.21. The van der Waals surface area contributed by atoms with Crippen molar-refractivity contribution in [3.63, 3.8) is 0 Å². The maximum absolute atomic E-state index is 12.4. The van der Waals surface area contributed by atoms with Gasteiger partial charge in [-0.25, -0.2) is 4.79 Å². The Balaban J connectivity index is 2.10. The van der Waals surface area contributed by atoms with Crippen LogP contribution in [-0.2, 0) is 15.0 Å². The summed E-state index contributed by atoms with van der Waals surface area (Å²) in [5, 5.41) is 12.6. The number of carbonyl (C=O) groups is 1. The van der Waals surface area contributed by atoms with Crippen LogP contribution in [0.4, 0.5) is 18.0 Å². The highest BCUT2D eigenvalue weighted by molar-refractivity contribution is 5.69. The molecule has 164 valence electrons. The van der Waals surface area contributed by atoms with E-state index in [1.807, 2.05) is 0 Å². The highest BCUT2D eigenvalue weighted by Crippen LogP contribution is 2.36. The number of alkyl carbamates (subject to hydrolysis) is 1. The summed E-state index contributed by atoms with van der Waals surface area (Å²) in [7, 11) is 0. The molecule has 2 atom stereocenters. The van der Waals surface area contributed by atoms with Crippen molar-refractivity contribution in [2.75, 3.05) is 26.4 Å². The van der Waals surface area contributed by atoms with Gasteiger partial charge < -0.3 is 24.6 Å². The van der Waals surface area contributed by atoms with E-state index in [1.165, 1.54) is 0 Å². The summed E-state index contributed by atoms with van der Waals surface area (Å²) in [5.74, 6) is 0.0383. The van der Waals surface area contributed by atoms with E-state index in [1.54, 1.807) is 45.0 Å². The third-order valence-corrected chi connectivity index (χ3v) is 4.53. The van der Waals surface area contributed by atoms with E-state index in [0.717, 1.165) is 0 Å². The van der Waals surface area contributed by atoms with Gasteiger partial charge in [0.1, 0.15) is 11.4 Å². The minimum absolute atomic E-state index is 0.0530. The first-order valence-electron chi connectivity index (χ1n) is 9.45. The lowest BCUT2D eigenvalue weighted by Gasteiger charge is -2.35. The van der Waals surface area contributed by atoms with E-state index in [0.29, 0.717) is 11.3 Å². The SMILES string of the molecule is CC(C)(C)OC(=O)N[C@@]1(c2ccc(OCCCC(F)(F)F)cc2)COC[C@H]1CO. The van der Waals surface area contributed by atoms with Gasteiger partial charge >= 0.3 is 12.3 Å². The summed E-state index contributed by atoms with van der Waals surface area (Å²) in [6, 6.07) is 6.64. The molecule has 6 nitrogen and oxygen atoms in total. The maximum atomic E-state index is 12.4. The molecule has 2 N–H and O–H groups in total. The van der Waals surface area contributed by atoms with Crippen molar-refractivity contribution in [1.29, 1.82) is 0 Å². The quantitative estimate of drug-likeness (QED) is 0.658. The molecule has 1 fully saturated rings. The third kappa shape index (κ3) is 6.78. The molecule has 2 rings (SSSR count). The Labute approximate surface area is 168 Å². The Morgan fingerprint density at radius 3 is 2.48 bits per heavy atom. The molecule has 1 amide bonds. The van der Waals surface area contributed by atoms with Crippen LogP contribution >= 0.6 is 0 Å². The number of aliphatic hydroxyl groups excluding tert-OH is 1. The van der Waals surface area contributed by atoms with Gasteiger partial charge in [-0.2, -0.15) is 13.2 Å². The number of amides is 1. The van der Waals surface area contributed by atoms with Crippen LogP contribution in [0.25, 0.3) is 0 Å². The van der Waals surface area contributed by atoms with E-state index in [2.05, 4.69) is 5.32 Å². The minimum Gasteiger partial charge on any atom is -0.494 e. The molecule has 0 bridgehead atoms. The van der Waals surface area contributed by atoms with Crippen LogP contribution < -0.4 is 10.1 Å². The molecular weight excluding hydrogens is 391 g/mol. The molecule has 1 aliphatic heterocycles. The molecule has 1 heterocycles. The van der Waals surface area contributed by atoms with Gasteiger partial charge in [0, 0.05) is 12.3 Å². The lowest BCUT2D eigenvalue weighted by molar-refractivity contribution is -0.136. The number of ether oxygens (including phenoxy) is 3. The summed E-state index contributed by atoms with van der Waals surface area (Å²) in [5.41, 5.74) is -0.984. The molecule has 29 heavy (non-hydrogen) atoms. The van der Waals surface area contributed by atoms with E-state index < -0.39 is 29.8 Å². The first-order valence-corrected chi connectivity index (χ1v) is 9.45. The Bertz CT molecular complexity index is 672. The van der Waals surface area contributed by atoms with Crippen LogP contribution in [0.3, 0.4) is 0 Å². The van der Waals surface area contributed by atoms with Crippen LogP contribution in [0.15, 0.2) is 24.3 Å². The van der Waals surface area contributed by atoms with Crippen LogP contribution in [-0.4, -0.2) is 49.4 Å². The van der Waals surface area contributed by atoms with Crippen molar-refractivity contribution in [2.45, 2.75) is 50.9 Å². The van der Waals surface area contributed by atoms with Gasteiger partial charge in [-0.3, -0.25) is 0 Å². The zero-order chi connectivity index (χ0) is 21.7. The molecule has 1 aromatic rings. The van der Waals surface area contributed by atoms with Gasteiger partial charge in [-0.1, -0.05) is 12.1 Å². The fraction of sp³-hybridized carbons (Fsp3) is 0.650. The average molecular weight is 419 g/mol. The van der Waals surface area contributed by atoms with Crippen molar-refractivity contribution in [2.24, 2.45) is 5.92 Å². The number of hydrogen-bond donors (Lipinski definition) is 2. The van der Waals surface area contributed by atoms with Crippen LogP contribution in [0, 0.1) is 5.92 Å². The standard InChI is InChI=1S/C20H28F3NO5/c1-18(2,3)29-17(26)24-19(13-27-12-15(19)11-25)14-5-7-16(8-6-14)28-10-4-9-20(21,22)23/h5-8,15,25H,4,9-13H2,1-3H3,(H,24,26)/t15-,19-/m1/s1. The topological polar surface area (TPSA) is 77.0 Å². The predicted molar refractivity (Wildman–Crippen MR) is 99.7 cm³/mol. The molecule has 0 aromatic heterocycles. The first kappa shape index (κ1) is 23.3. The lowest BCUT2D eigenvalue weighted by atomic mass is 9.81. The number of carbonyl (C=O) groups excluding carboxylic acids is 1. The third-order valence-electron chi connectivity index (χ3n) is 4.53. The highest BCUT2D eigenvalue weighted by Gasteiger charge is 2.47. The van der Waals surface area contributed by atoms with Crippen LogP contribution in [0.2, 0.25) is 0 Å². The van der Waals surface area contributed by atoms with Crippen molar-refractivity contribution in [3.05, 3.63) is 29.8 Å². The molecule has 0 saturated carbocycles. The monoisotopic (exact) mass is 419 g/mol. The molecule has 1 saturated heterocycles. The Morgan fingerprint density at radius 1 is 1.28 bits per heavy atom. The largest absolute Gasteiger partial charge is 0.494 e. The fourth-order valence-electron chi connectivity index (χ4n) is 3.16. The van der Waals surface area contributed by atoms with Gasteiger partial charge in [0.2, 0.25) is 0 Å². The van der Waals surface area contributed by atoms with Gasteiger partial charge in [-0.05, 0) is 44.9 Å². The summed E-state index contributed by atoms with van der Waals surface area (Å²) >= 11 is 0. The molecule has 9 heteroatoms. The summed E-state index contributed by atoms with van der Waals surface area (Å²) < 4.78 is 52.8. The Hall–Kier alpha value is -2.00. The Morgan fingerprint density at radius 2 is 1.93 bits per heavy atom. The van der Waals surface area contributed by atoms with E-state index >= 15 is 0 Å². The average Bonchev–Trinajstić information content (AvgIpc) is 3.00. The number of alkyl halides is 3. The highest BCUT2D eigenvalue weighted by atomic mass is 19.4. The number of nitrogens with one attached hydrogen (secondary N) is 1. The van der Waals surface area contributed by atoms with Crippen molar-refractivity contribution < 1.29 is 37.3 Å². The van der Waals surface area contributed by atoms with Crippen LogP contribution in [0.1, 0.15) is 39.2 Å². The van der Waals surface area contributed by atoms with E-state index in [4.69, 9.17) is 14.2 Å². The minimum atomic E-state index is -4.20. The lowest BCUT2D eigenvalue weighted by Crippen LogP contribution is -2.53. The van der Waals surface area contributed by atoms with Crippen molar-refractivity contribution in [3.8, 4) is 5.75 Å². The zero-order valence-corrected chi connectivity index (χ0v) is 16.8. The second-order valence-corrected chi connectivity index (χ2v) is 8.08. The summed E-state index contributed by atoms with van der Waals surface area (Å²) in [4.78, 5) is 12.4. The molecular formula is C20H28F3NO5. The normalized spacial score (nSPS) is 22.4. The molecule has 0 radical (unpaired) electrons. The molecule has 0 spiro atoms. The van der Waals surface area contributed by atoms with E-state index in [-0.39, 0.29) is 38.8 Å². The van der Waals surface area contributed by atoms with Crippen LogP contribution in [0.5, 0.6) is 5.75 Å². The smallest absolute Gasteiger partial charge is 0.408 e. The van der Waals surface area contributed by atoms with Crippen molar-refractivity contribution in [1.82, 2.24) is 5.32 Å².